The number of nitrogens with one attached hydrogen (secondary N) is 1. The molecule has 1 aromatic carbocycles. The normalized spacial score (nSPS) is 17.1. The Hall–Kier alpha value is -1.99. The molecule has 8 heteroatoms. The van der Waals surface area contributed by atoms with E-state index in [1.165, 1.54) is 4.80 Å². The second kappa shape index (κ2) is 8.03. The molecule has 0 aliphatic carbocycles. The van der Waals surface area contributed by atoms with Gasteiger partial charge in [0.1, 0.15) is 6.54 Å². The van der Waals surface area contributed by atoms with Crippen molar-refractivity contribution in [2.24, 2.45) is 0 Å². The van der Waals surface area contributed by atoms with Crippen molar-refractivity contribution in [2.75, 3.05) is 20.1 Å². The number of likely N-dealkylation sites (N-methyl/N-ethyl adjacent to an activating group) is 1. The minimum Gasteiger partial charge on any atom is -0.337 e. The van der Waals surface area contributed by atoms with Gasteiger partial charge in [-0.1, -0.05) is 30.3 Å². The summed E-state index contributed by atoms with van der Waals surface area (Å²) in [4.78, 5) is 15.7. The fourth-order valence-corrected chi connectivity index (χ4v) is 2.84. The van der Waals surface area contributed by atoms with Crippen LogP contribution < -0.4 is 5.32 Å². The van der Waals surface area contributed by atoms with Crippen molar-refractivity contribution in [3.05, 3.63) is 30.3 Å². The number of aromatic nitrogens is 4. The molecule has 7 nitrogen and oxygen atoms in total. The van der Waals surface area contributed by atoms with Crippen LogP contribution in [0.1, 0.15) is 12.8 Å². The maximum absolute atomic E-state index is 12.4. The highest BCUT2D eigenvalue weighted by Gasteiger charge is 2.28. The molecular weight excluding hydrogens is 316 g/mol. The molecule has 0 radical (unpaired) electrons. The second-order valence-corrected chi connectivity index (χ2v) is 5.45. The number of tetrazole rings is 1. The maximum Gasteiger partial charge on any atom is 0.246 e. The Labute approximate surface area is 141 Å². The van der Waals surface area contributed by atoms with Gasteiger partial charge in [0.05, 0.1) is 0 Å². The Kier molecular flexibility index (Phi) is 6.06. The van der Waals surface area contributed by atoms with E-state index < -0.39 is 0 Å². The van der Waals surface area contributed by atoms with E-state index in [9.17, 15) is 4.79 Å². The molecule has 2 heterocycles. The Morgan fingerprint density at radius 2 is 2.13 bits per heavy atom. The van der Waals surface area contributed by atoms with Crippen molar-refractivity contribution in [1.82, 2.24) is 30.4 Å². The number of rotatable bonds is 5. The predicted octanol–water partition coefficient (Wildman–Crippen LogP) is 0.972. The minimum absolute atomic E-state index is 0. The SMILES string of the molecule is CNCC1CCCN1C(=O)Cn1nnc(-c2ccccc2)n1.Cl. The highest BCUT2D eigenvalue weighted by Crippen LogP contribution is 2.17. The van der Waals surface area contributed by atoms with Crippen molar-refractivity contribution in [2.45, 2.75) is 25.4 Å². The zero-order chi connectivity index (χ0) is 15.4. The molecule has 1 aromatic heterocycles. The van der Waals surface area contributed by atoms with Gasteiger partial charge in [0.25, 0.3) is 0 Å². The number of carbonyl (C=O) groups is 1. The van der Waals surface area contributed by atoms with Gasteiger partial charge in [0.15, 0.2) is 0 Å². The molecule has 0 saturated carbocycles. The van der Waals surface area contributed by atoms with Gasteiger partial charge in [-0.3, -0.25) is 4.79 Å². The molecule has 1 aliphatic rings. The molecular formula is C15H21ClN6O. The third-order valence-corrected chi connectivity index (χ3v) is 3.90. The molecule has 23 heavy (non-hydrogen) atoms. The van der Waals surface area contributed by atoms with Crippen molar-refractivity contribution < 1.29 is 4.79 Å². The van der Waals surface area contributed by atoms with Crippen LogP contribution in [0.25, 0.3) is 11.4 Å². The van der Waals surface area contributed by atoms with Crippen LogP contribution in [0, 0.1) is 0 Å². The molecule has 1 unspecified atom stereocenters. The Balaban J connectivity index is 0.00000192. The number of hydrogen-bond donors (Lipinski definition) is 1. The molecule has 2 aromatic rings. The van der Waals surface area contributed by atoms with E-state index in [0.717, 1.165) is 31.5 Å². The molecule has 1 atom stereocenters. The third-order valence-electron chi connectivity index (χ3n) is 3.90. The monoisotopic (exact) mass is 336 g/mol. The number of nitrogens with zero attached hydrogens (tertiary/aromatic N) is 5. The molecule has 0 spiro atoms. The van der Waals surface area contributed by atoms with Crippen LogP contribution in [0.4, 0.5) is 0 Å². The predicted molar refractivity (Wildman–Crippen MR) is 89.2 cm³/mol. The van der Waals surface area contributed by atoms with Crippen molar-refractivity contribution in [3.63, 3.8) is 0 Å². The first-order valence-corrected chi connectivity index (χ1v) is 7.55. The van der Waals surface area contributed by atoms with E-state index in [4.69, 9.17) is 0 Å². The lowest BCUT2D eigenvalue weighted by Crippen LogP contribution is -2.42. The van der Waals surface area contributed by atoms with Gasteiger partial charge in [0, 0.05) is 24.7 Å². The zero-order valence-electron chi connectivity index (χ0n) is 13.1. The summed E-state index contributed by atoms with van der Waals surface area (Å²) in [7, 11) is 1.91. The fourth-order valence-electron chi connectivity index (χ4n) is 2.84. The average Bonchev–Trinajstić information content (AvgIpc) is 3.18. The van der Waals surface area contributed by atoms with Gasteiger partial charge in [-0.05, 0) is 25.1 Å². The van der Waals surface area contributed by atoms with Gasteiger partial charge in [-0.15, -0.1) is 22.6 Å². The van der Waals surface area contributed by atoms with Crippen LogP contribution in [0.2, 0.25) is 0 Å². The van der Waals surface area contributed by atoms with Crippen LogP contribution >= 0.6 is 12.4 Å². The van der Waals surface area contributed by atoms with E-state index in [-0.39, 0.29) is 30.9 Å². The van der Waals surface area contributed by atoms with E-state index >= 15 is 0 Å². The van der Waals surface area contributed by atoms with Crippen LogP contribution in [0.3, 0.4) is 0 Å². The van der Waals surface area contributed by atoms with Gasteiger partial charge < -0.3 is 10.2 Å². The van der Waals surface area contributed by atoms with Crippen molar-refractivity contribution in [3.8, 4) is 11.4 Å². The lowest BCUT2D eigenvalue weighted by molar-refractivity contribution is -0.133. The first-order chi connectivity index (χ1) is 10.8. The molecule has 1 aliphatic heterocycles. The fraction of sp³-hybridized carbons (Fsp3) is 0.467. The quantitative estimate of drug-likeness (QED) is 0.880. The van der Waals surface area contributed by atoms with Gasteiger partial charge >= 0.3 is 0 Å². The summed E-state index contributed by atoms with van der Waals surface area (Å²) < 4.78 is 0. The molecule has 0 bridgehead atoms. The van der Waals surface area contributed by atoms with Crippen LogP contribution in [0.15, 0.2) is 30.3 Å². The standard InChI is InChI=1S/C15H20N6O.ClH/c1-16-10-13-8-5-9-20(13)14(22)11-21-18-15(17-19-21)12-6-3-2-4-7-12;/h2-4,6-7,13,16H,5,8-11H2,1H3;1H. The first kappa shape index (κ1) is 17.4. The molecule has 124 valence electrons. The summed E-state index contributed by atoms with van der Waals surface area (Å²) in [6.45, 7) is 1.78. The van der Waals surface area contributed by atoms with E-state index in [1.54, 1.807) is 0 Å². The summed E-state index contributed by atoms with van der Waals surface area (Å²) in [5, 5.41) is 15.4. The van der Waals surface area contributed by atoms with E-state index in [1.807, 2.05) is 42.3 Å². The van der Waals surface area contributed by atoms with Crippen molar-refractivity contribution >= 4 is 18.3 Å². The molecule has 1 fully saturated rings. The van der Waals surface area contributed by atoms with Crippen LogP contribution in [-0.2, 0) is 11.3 Å². The van der Waals surface area contributed by atoms with E-state index in [0.29, 0.717) is 5.82 Å². The summed E-state index contributed by atoms with van der Waals surface area (Å²) in [6, 6.07) is 9.91. The Bertz CT molecular complexity index is 632. The zero-order valence-corrected chi connectivity index (χ0v) is 13.9. The van der Waals surface area contributed by atoms with Gasteiger partial charge in [-0.25, -0.2) is 0 Å². The summed E-state index contributed by atoms with van der Waals surface area (Å²) in [5.41, 5.74) is 0.899. The summed E-state index contributed by atoms with van der Waals surface area (Å²) in [5.74, 6) is 0.594. The average molecular weight is 337 g/mol. The molecule has 1 N–H and O–H groups in total. The second-order valence-electron chi connectivity index (χ2n) is 5.45. The number of amides is 1. The number of hydrogen-bond acceptors (Lipinski definition) is 5. The Morgan fingerprint density at radius 3 is 2.87 bits per heavy atom. The van der Waals surface area contributed by atoms with Gasteiger partial charge in [-0.2, -0.15) is 4.80 Å². The van der Waals surface area contributed by atoms with Gasteiger partial charge in [0.2, 0.25) is 11.7 Å². The minimum atomic E-state index is 0. The smallest absolute Gasteiger partial charge is 0.246 e. The lowest BCUT2D eigenvalue weighted by atomic mass is 10.2. The number of likely N-dealkylation sites (tertiary alicyclic amines) is 1. The van der Waals surface area contributed by atoms with E-state index in [2.05, 4.69) is 20.7 Å². The summed E-state index contributed by atoms with van der Waals surface area (Å²) in [6.07, 6.45) is 2.10. The van der Waals surface area contributed by atoms with Crippen molar-refractivity contribution in [1.29, 1.82) is 0 Å². The maximum atomic E-state index is 12.4. The molecule has 3 rings (SSSR count). The third kappa shape index (κ3) is 4.05. The highest BCUT2D eigenvalue weighted by atomic mass is 35.5. The molecule has 1 saturated heterocycles. The number of carbonyl (C=O) groups excluding carboxylic acids is 1. The summed E-state index contributed by atoms with van der Waals surface area (Å²) >= 11 is 0. The highest BCUT2D eigenvalue weighted by molar-refractivity contribution is 5.85. The van der Waals surface area contributed by atoms with Crippen LogP contribution in [0.5, 0.6) is 0 Å². The lowest BCUT2D eigenvalue weighted by Gasteiger charge is -2.24. The Morgan fingerprint density at radius 1 is 1.35 bits per heavy atom. The largest absolute Gasteiger partial charge is 0.337 e. The topological polar surface area (TPSA) is 75.9 Å². The number of halogens is 1. The molecule has 1 amide bonds. The first-order valence-electron chi connectivity index (χ1n) is 7.55. The van der Waals surface area contributed by atoms with Crippen LogP contribution in [-0.4, -0.2) is 57.2 Å². The number of benzene rings is 1.